The number of anilines is 1. The van der Waals surface area contributed by atoms with Crippen LogP contribution in [0.4, 0.5) is 5.82 Å². The van der Waals surface area contributed by atoms with Gasteiger partial charge in [-0.1, -0.05) is 20.3 Å². The third-order valence-electron chi connectivity index (χ3n) is 4.19. The van der Waals surface area contributed by atoms with Crippen LogP contribution < -0.4 is 5.73 Å². The van der Waals surface area contributed by atoms with E-state index in [0.717, 1.165) is 11.5 Å². The highest BCUT2D eigenvalue weighted by atomic mass is 32.1. The molecule has 0 amide bonds. The van der Waals surface area contributed by atoms with Crippen molar-refractivity contribution in [2.75, 3.05) is 5.73 Å². The summed E-state index contributed by atoms with van der Waals surface area (Å²) in [6, 6.07) is 2.36. The normalized spacial score (nSPS) is 15.4. The number of thiophene rings is 1. The Morgan fingerprint density at radius 2 is 2.00 bits per heavy atom. The molecule has 0 aromatic carbocycles. The quantitative estimate of drug-likeness (QED) is 0.845. The molecular formula is C16H23N3S. The molecular weight excluding hydrogens is 266 g/mol. The van der Waals surface area contributed by atoms with E-state index in [4.69, 9.17) is 5.73 Å². The minimum absolute atomic E-state index is 0.403. The molecule has 3 nitrogen and oxygen atoms in total. The Kier molecular flexibility index (Phi) is 3.59. The molecule has 0 unspecified atom stereocenters. The van der Waals surface area contributed by atoms with Gasteiger partial charge in [-0.15, -0.1) is 11.3 Å². The van der Waals surface area contributed by atoms with Gasteiger partial charge in [-0.3, -0.25) is 4.68 Å². The van der Waals surface area contributed by atoms with Crippen LogP contribution in [0, 0.1) is 0 Å². The predicted octanol–water partition coefficient (Wildman–Crippen LogP) is 4.12. The van der Waals surface area contributed by atoms with Crippen LogP contribution in [0.15, 0.2) is 6.07 Å². The third-order valence-corrected chi connectivity index (χ3v) is 5.43. The van der Waals surface area contributed by atoms with Crippen molar-refractivity contribution in [1.29, 1.82) is 0 Å². The summed E-state index contributed by atoms with van der Waals surface area (Å²) >= 11 is 1.92. The Morgan fingerprint density at radius 1 is 1.25 bits per heavy atom. The van der Waals surface area contributed by atoms with Crippen molar-refractivity contribution in [2.24, 2.45) is 7.05 Å². The highest BCUT2D eigenvalue weighted by molar-refractivity contribution is 7.15. The molecule has 0 spiro atoms. The summed E-state index contributed by atoms with van der Waals surface area (Å²) in [5.41, 5.74) is 10.0. The lowest BCUT2D eigenvalue weighted by Crippen LogP contribution is -2.00. The monoisotopic (exact) mass is 289 g/mol. The van der Waals surface area contributed by atoms with E-state index in [9.17, 15) is 0 Å². The van der Waals surface area contributed by atoms with Crippen molar-refractivity contribution >= 4 is 17.2 Å². The van der Waals surface area contributed by atoms with E-state index < -0.39 is 0 Å². The number of aromatic nitrogens is 2. The zero-order chi connectivity index (χ0) is 14.3. The molecule has 2 N–H and O–H groups in total. The smallest absolute Gasteiger partial charge is 0.125 e. The first-order valence-corrected chi connectivity index (χ1v) is 8.34. The number of nitrogen functional groups attached to an aromatic ring is 1. The molecule has 0 bridgehead atoms. The molecule has 108 valence electrons. The lowest BCUT2D eigenvalue weighted by molar-refractivity contribution is 0.712. The highest BCUT2D eigenvalue weighted by Crippen LogP contribution is 2.39. The van der Waals surface area contributed by atoms with Gasteiger partial charge in [0.1, 0.15) is 11.5 Å². The molecule has 0 fully saturated rings. The van der Waals surface area contributed by atoms with Gasteiger partial charge in [0.05, 0.1) is 4.88 Å². The van der Waals surface area contributed by atoms with Crippen LogP contribution in [0.1, 0.15) is 55.0 Å². The molecule has 0 atom stereocenters. The van der Waals surface area contributed by atoms with Crippen molar-refractivity contribution in [3.63, 3.8) is 0 Å². The number of fused-ring (bicyclic) bond motifs is 1. The molecule has 0 radical (unpaired) electrons. The molecule has 20 heavy (non-hydrogen) atoms. The lowest BCUT2D eigenvalue weighted by Gasteiger charge is -2.05. The average molecular weight is 289 g/mol. The summed E-state index contributed by atoms with van der Waals surface area (Å²) in [5, 5.41) is 4.67. The first-order chi connectivity index (χ1) is 9.58. The second-order valence-corrected chi connectivity index (χ2v) is 7.18. The summed E-state index contributed by atoms with van der Waals surface area (Å²) in [4.78, 5) is 2.87. The van der Waals surface area contributed by atoms with Crippen molar-refractivity contribution in [2.45, 2.75) is 51.9 Å². The average Bonchev–Trinajstić information content (AvgIpc) is 2.85. The van der Waals surface area contributed by atoms with Gasteiger partial charge in [-0.05, 0) is 43.2 Å². The largest absolute Gasteiger partial charge is 0.384 e. The molecule has 2 aromatic heterocycles. The fourth-order valence-corrected chi connectivity index (χ4v) is 4.34. The highest BCUT2D eigenvalue weighted by Gasteiger charge is 2.21. The van der Waals surface area contributed by atoms with E-state index in [0.29, 0.717) is 5.92 Å². The third kappa shape index (κ3) is 2.26. The Labute approximate surface area is 124 Å². The van der Waals surface area contributed by atoms with Crippen LogP contribution in [0.3, 0.4) is 0 Å². The first kappa shape index (κ1) is 13.7. The van der Waals surface area contributed by atoms with E-state index in [1.165, 1.54) is 42.5 Å². The van der Waals surface area contributed by atoms with Crippen molar-refractivity contribution in [3.8, 4) is 10.6 Å². The minimum atomic E-state index is 0.403. The maximum atomic E-state index is 6.19. The van der Waals surface area contributed by atoms with Crippen molar-refractivity contribution in [3.05, 3.63) is 22.1 Å². The topological polar surface area (TPSA) is 43.8 Å². The van der Waals surface area contributed by atoms with Crippen LogP contribution in [-0.2, 0) is 19.9 Å². The van der Waals surface area contributed by atoms with Crippen LogP contribution in [0.5, 0.6) is 0 Å². The molecule has 4 heteroatoms. The molecule has 2 heterocycles. The predicted molar refractivity (Wildman–Crippen MR) is 86.3 cm³/mol. The van der Waals surface area contributed by atoms with Crippen LogP contribution >= 0.6 is 11.3 Å². The van der Waals surface area contributed by atoms with Crippen molar-refractivity contribution in [1.82, 2.24) is 9.78 Å². The van der Waals surface area contributed by atoms with Gasteiger partial charge in [0.25, 0.3) is 0 Å². The summed E-state index contributed by atoms with van der Waals surface area (Å²) < 4.78 is 1.82. The van der Waals surface area contributed by atoms with Crippen LogP contribution in [0.2, 0.25) is 0 Å². The summed E-state index contributed by atoms with van der Waals surface area (Å²) in [7, 11) is 1.93. The van der Waals surface area contributed by atoms with Crippen LogP contribution in [-0.4, -0.2) is 9.78 Å². The second kappa shape index (κ2) is 5.24. The SMILES string of the molecule is CC(C)c1c(-c2cc3c(s2)CCCCC3)nn(C)c1N. The van der Waals surface area contributed by atoms with Crippen LogP contribution in [0.25, 0.3) is 10.6 Å². The molecule has 0 saturated carbocycles. The van der Waals surface area contributed by atoms with Gasteiger partial charge in [0, 0.05) is 17.5 Å². The van der Waals surface area contributed by atoms with E-state index >= 15 is 0 Å². The maximum Gasteiger partial charge on any atom is 0.125 e. The van der Waals surface area contributed by atoms with Gasteiger partial charge < -0.3 is 5.73 Å². The minimum Gasteiger partial charge on any atom is -0.384 e. The zero-order valence-electron chi connectivity index (χ0n) is 12.6. The Bertz CT molecular complexity index is 598. The number of nitrogens with zero attached hydrogens (tertiary/aromatic N) is 2. The number of rotatable bonds is 2. The van der Waals surface area contributed by atoms with Gasteiger partial charge in [0.15, 0.2) is 0 Å². The Morgan fingerprint density at radius 3 is 2.75 bits per heavy atom. The Hall–Kier alpha value is -1.29. The van der Waals surface area contributed by atoms with E-state index in [1.807, 2.05) is 23.1 Å². The number of aryl methyl sites for hydroxylation is 3. The van der Waals surface area contributed by atoms with E-state index in [1.54, 1.807) is 10.4 Å². The summed E-state index contributed by atoms with van der Waals surface area (Å²) in [5.74, 6) is 1.21. The molecule has 1 aliphatic rings. The molecule has 1 aliphatic carbocycles. The second-order valence-electron chi connectivity index (χ2n) is 6.05. The number of hydrogen-bond donors (Lipinski definition) is 1. The van der Waals surface area contributed by atoms with Gasteiger partial charge in [-0.25, -0.2) is 0 Å². The molecule has 0 aliphatic heterocycles. The summed E-state index contributed by atoms with van der Waals surface area (Å²) in [6.45, 7) is 4.38. The maximum absolute atomic E-state index is 6.19. The van der Waals surface area contributed by atoms with E-state index in [-0.39, 0.29) is 0 Å². The van der Waals surface area contributed by atoms with Gasteiger partial charge in [0.2, 0.25) is 0 Å². The molecule has 3 rings (SSSR count). The number of nitrogens with two attached hydrogens (primary N) is 1. The van der Waals surface area contributed by atoms with E-state index in [2.05, 4.69) is 25.0 Å². The number of hydrogen-bond acceptors (Lipinski definition) is 3. The first-order valence-electron chi connectivity index (χ1n) is 7.52. The van der Waals surface area contributed by atoms with Crippen molar-refractivity contribution < 1.29 is 0 Å². The standard InChI is InChI=1S/C16H23N3S/c1-10(2)14-15(18-19(3)16(14)17)13-9-11-7-5-4-6-8-12(11)20-13/h9-10H,4-8,17H2,1-3H3. The fraction of sp³-hybridized carbons (Fsp3) is 0.562. The zero-order valence-corrected chi connectivity index (χ0v) is 13.4. The molecule has 2 aromatic rings. The lowest BCUT2D eigenvalue weighted by atomic mass is 10.0. The van der Waals surface area contributed by atoms with Gasteiger partial charge >= 0.3 is 0 Å². The van der Waals surface area contributed by atoms with Gasteiger partial charge in [-0.2, -0.15) is 5.10 Å². The molecule has 0 saturated heterocycles. The fourth-order valence-electron chi connectivity index (χ4n) is 3.09. The Balaban J connectivity index is 2.08. The summed E-state index contributed by atoms with van der Waals surface area (Å²) in [6.07, 6.45) is 6.48.